The molecule has 0 saturated heterocycles. The smallest absolute Gasteiger partial charge is 0.335 e. The van der Waals surface area contributed by atoms with E-state index in [4.69, 9.17) is 16.3 Å². The molecule has 2 aromatic rings. The lowest BCUT2D eigenvalue weighted by atomic mass is 10.0. The first-order valence-electron chi connectivity index (χ1n) is 8.53. The molecule has 0 unspecified atom stereocenters. The van der Waals surface area contributed by atoms with Crippen molar-refractivity contribution in [2.45, 2.75) is 26.4 Å². The molecule has 28 heavy (non-hydrogen) atoms. The number of rotatable bonds is 4. The van der Waals surface area contributed by atoms with Crippen LogP contribution in [0.15, 0.2) is 36.4 Å². The first-order chi connectivity index (χ1) is 13.1. The van der Waals surface area contributed by atoms with E-state index in [1.54, 1.807) is 32.0 Å². The number of carbonyl (C=O) groups excluding carboxylic acids is 2. The van der Waals surface area contributed by atoms with Gasteiger partial charge in [-0.25, -0.2) is 4.79 Å². The van der Waals surface area contributed by atoms with Gasteiger partial charge >= 0.3 is 5.97 Å². The third-order valence-electron chi connectivity index (χ3n) is 4.38. The van der Waals surface area contributed by atoms with Gasteiger partial charge in [0.2, 0.25) is 5.91 Å². The highest BCUT2D eigenvalue weighted by atomic mass is 35.5. The molecule has 0 atom stereocenters. The highest BCUT2D eigenvalue weighted by Gasteiger charge is 2.41. The highest BCUT2D eigenvalue weighted by Crippen LogP contribution is 2.38. The van der Waals surface area contributed by atoms with Crippen LogP contribution < -0.4 is 15.0 Å². The lowest BCUT2D eigenvalue weighted by molar-refractivity contribution is -0.133. The lowest BCUT2D eigenvalue weighted by Gasteiger charge is -2.38. The summed E-state index contributed by atoms with van der Waals surface area (Å²) in [5.41, 5.74) is 0.529. The molecule has 0 radical (unpaired) electrons. The molecule has 0 bridgehead atoms. The number of carboxylic acids is 1. The Hall–Kier alpha value is -3.06. The van der Waals surface area contributed by atoms with Crippen molar-refractivity contribution in [1.29, 1.82) is 0 Å². The number of fused-ring (bicyclic) bond motifs is 1. The van der Waals surface area contributed by atoms with E-state index in [1.165, 1.54) is 23.1 Å². The van der Waals surface area contributed by atoms with Gasteiger partial charge in [-0.05, 0) is 56.7 Å². The Balaban J connectivity index is 1.87. The number of nitrogens with zero attached hydrogens (tertiary/aromatic N) is 1. The van der Waals surface area contributed by atoms with Crippen molar-refractivity contribution in [1.82, 2.24) is 0 Å². The molecule has 1 aliphatic rings. The number of anilines is 2. The molecule has 3 rings (SSSR count). The highest BCUT2D eigenvalue weighted by molar-refractivity contribution is 6.31. The van der Waals surface area contributed by atoms with E-state index < -0.39 is 23.4 Å². The van der Waals surface area contributed by atoms with Crippen LogP contribution in [0, 0.1) is 6.92 Å². The summed E-state index contributed by atoms with van der Waals surface area (Å²) >= 11 is 6.08. The van der Waals surface area contributed by atoms with Gasteiger partial charge in [0, 0.05) is 10.7 Å². The van der Waals surface area contributed by atoms with Crippen LogP contribution in [-0.4, -0.2) is 35.0 Å². The number of halogens is 1. The number of nitrogens with one attached hydrogen (secondary N) is 1. The van der Waals surface area contributed by atoms with E-state index in [0.29, 0.717) is 16.4 Å². The molecule has 1 heterocycles. The molecule has 1 aliphatic heterocycles. The number of ether oxygens (including phenoxy) is 1. The fraction of sp³-hybridized carbons (Fsp3) is 0.250. The maximum Gasteiger partial charge on any atom is 0.335 e. The van der Waals surface area contributed by atoms with Crippen molar-refractivity contribution < 1.29 is 24.2 Å². The predicted octanol–water partition coefficient (Wildman–Crippen LogP) is 3.49. The minimum absolute atomic E-state index is 0.0302. The summed E-state index contributed by atoms with van der Waals surface area (Å²) in [5, 5.41) is 12.4. The van der Waals surface area contributed by atoms with E-state index in [9.17, 15) is 19.5 Å². The molecule has 2 aromatic carbocycles. The largest absolute Gasteiger partial charge is 0.478 e. The molecule has 0 spiro atoms. The summed E-state index contributed by atoms with van der Waals surface area (Å²) < 4.78 is 5.68. The third-order valence-corrected chi connectivity index (χ3v) is 4.79. The Morgan fingerprint density at radius 2 is 1.93 bits per heavy atom. The van der Waals surface area contributed by atoms with Crippen LogP contribution in [0.4, 0.5) is 11.4 Å². The molecular weight excluding hydrogens is 384 g/mol. The van der Waals surface area contributed by atoms with E-state index >= 15 is 0 Å². The molecule has 2 amide bonds. The topological polar surface area (TPSA) is 95.9 Å². The molecule has 0 saturated carbocycles. The summed E-state index contributed by atoms with van der Waals surface area (Å²) in [4.78, 5) is 37.8. The van der Waals surface area contributed by atoms with Gasteiger partial charge in [0.1, 0.15) is 12.3 Å². The maximum absolute atomic E-state index is 12.8. The van der Waals surface area contributed by atoms with E-state index in [0.717, 1.165) is 5.56 Å². The average molecular weight is 403 g/mol. The monoisotopic (exact) mass is 402 g/mol. The quantitative estimate of drug-likeness (QED) is 0.816. The Kier molecular flexibility index (Phi) is 5.04. The Labute approximate surface area is 166 Å². The zero-order chi connectivity index (χ0) is 20.6. The number of aryl methyl sites for hydroxylation is 1. The van der Waals surface area contributed by atoms with Crippen molar-refractivity contribution in [2.24, 2.45) is 0 Å². The van der Waals surface area contributed by atoms with Crippen molar-refractivity contribution >= 4 is 40.8 Å². The minimum atomic E-state index is -1.24. The third kappa shape index (κ3) is 3.80. The van der Waals surface area contributed by atoms with Gasteiger partial charge in [-0.15, -0.1) is 0 Å². The number of carbonyl (C=O) groups is 3. The fourth-order valence-corrected chi connectivity index (χ4v) is 3.06. The molecule has 8 heteroatoms. The average Bonchev–Trinajstić information content (AvgIpc) is 2.61. The van der Waals surface area contributed by atoms with Crippen LogP contribution in [0.5, 0.6) is 5.75 Å². The zero-order valence-electron chi connectivity index (χ0n) is 15.6. The molecule has 0 aromatic heterocycles. The number of benzene rings is 2. The van der Waals surface area contributed by atoms with Gasteiger partial charge in [-0.3, -0.25) is 14.5 Å². The number of carboxylic acid groups (broad SMARTS) is 1. The van der Waals surface area contributed by atoms with E-state index in [2.05, 4.69) is 5.32 Å². The van der Waals surface area contributed by atoms with Crippen molar-refractivity contribution in [3.63, 3.8) is 0 Å². The lowest BCUT2D eigenvalue weighted by Crippen LogP contribution is -2.54. The maximum atomic E-state index is 12.8. The molecular formula is C20H19ClN2O5. The van der Waals surface area contributed by atoms with Crippen molar-refractivity contribution in [3.8, 4) is 5.75 Å². The van der Waals surface area contributed by atoms with Crippen LogP contribution >= 0.6 is 11.6 Å². The summed E-state index contributed by atoms with van der Waals surface area (Å²) in [7, 11) is 0. The Bertz CT molecular complexity index is 987. The molecule has 146 valence electrons. The van der Waals surface area contributed by atoms with Crippen LogP contribution in [0.25, 0.3) is 0 Å². The van der Waals surface area contributed by atoms with Crippen LogP contribution in [0.1, 0.15) is 29.8 Å². The van der Waals surface area contributed by atoms with Gasteiger partial charge in [0.15, 0.2) is 5.60 Å². The second-order valence-electron chi connectivity index (χ2n) is 7.00. The van der Waals surface area contributed by atoms with E-state index in [1.807, 2.05) is 6.92 Å². The second kappa shape index (κ2) is 7.16. The number of hydrogen-bond donors (Lipinski definition) is 2. The molecule has 0 aliphatic carbocycles. The van der Waals surface area contributed by atoms with Crippen molar-refractivity contribution in [3.05, 3.63) is 52.5 Å². The van der Waals surface area contributed by atoms with Crippen LogP contribution in [0.3, 0.4) is 0 Å². The van der Waals surface area contributed by atoms with Gasteiger partial charge in [0.25, 0.3) is 5.91 Å². The Morgan fingerprint density at radius 3 is 2.57 bits per heavy atom. The summed E-state index contributed by atoms with van der Waals surface area (Å²) in [6.45, 7) is 4.73. The number of hydrogen-bond acceptors (Lipinski definition) is 4. The fourth-order valence-electron chi connectivity index (χ4n) is 2.88. The molecule has 2 N–H and O–H groups in total. The van der Waals surface area contributed by atoms with Crippen LogP contribution in [-0.2, 0) is 9.59 Å². The predicted molar refractivity (Wildman–Crippen MR) is 105 cm³/mol. The summed E-state index contributed by atoms with van der Waals surface area (Å²) in [6, 6.07) is 9.30. The van der Waals surface area contributed by atoms with Gasteiger partial charge in [-0.2, -0.15) is 0 Å². The molecule has 0 fully saturated rings. The standard InChI is InChI=1S/C20H19ClN2O5/c1-11-4-6-13(9-14(11)21)22-17(24)10-23-15-7-5-12(18(25)26)8-16(15)28-20(2,3)19(23)27/h4-9H,10H2,1-3H3,(H,22,24)(H,25,26). The minimum Gasteiger partial charge on any atom is -0.478 e. The zero-order valence-corrected chi connectivity index (χ0v) is 16.3. The first kappa shape index (κ1) is 19.7. The number of aromatic carboxylic acids is 1. The van der Waals surface area contributed by atoms with Gasteiger partial charge in [-0.1, -0.05) is 17.7 Å². The van der Waals surface area contributed by atoms with Gasteiger partial charge in [0.05, 0.1) is 11.3 Å². The molecule has 7 nitrogen and oxygen atoms in total. The Morgan fingerprint density at radius 1 is 1.21 bits per heavy atom. The first-order valence-corrected chi connectivity index (χ1v) is 8.90. The second-order valence-corrected chi connectivity index (χ2v) is 7.41. The normalized spacial score (nSPS) is 14.9. The number of amides is 2. The summed E-state index contributed by atoms with van der Waals surface area (Å²) in [5.74, 6) is -1.70. The summed E-state index contributed by atoms with van der Waals surface area (Å²) in [6.07, 6.45) is 0. The SMILES string of the molecule is Cc1ccc(NC(=O)CN2C(=O)C(C)(C)Oc3cc(C(=O)O)ccc32)cc1Cl. The van der Waals surface area contributed by atoms with E-state index in [-0.39, 0.29) is 17.9 Å². The van der Waals surface area contributed by atoms with Gasteiger partial charge < -0.3 is 15.2 Å². The van der Waals surface area contributed by atoms with Crippen LogP contribution in [0.2, 0.25) is 5.02 Å². The van der Waals surface area contributed by atoms with Crippen molar-refractivity contribution in [2.75, 3.05) is 16.8 Å².